The molecule has 1 aromatic rings. The number of nitriles is 1. The number of likely N-dealkylation sites (N-methyl/N-ethyl adjacent to an activating group) is 1. The van der Waals surface area contributed by atoms with E-state index in [9.17, 15) is 0 Å². The zero-order valence-electron chi connectivity index (χ0n) is 9.32. The van der Waals surface area contributed by atoms with Crippen molar-refractivity contribution in [1.82, 2.24) is 20.4 Å². The summed E-state index contributed by atoms with van der Waals surface area (Å²) in [5.74, 6) is 0.293. The fourth-order valence-corrected chi connectivity index (χ4v) is 2.04. The van der Waals surface area contributed by atoms with E-state index in [0.717, 1.165) is 31.7 Å². The summed E-state index contributed by atoms with van der Waals surface area (Å²) < 4.78 is 0. The number of aromatic amines is 1. The van der Waals surface area contributed by atoms with Gasteiger partial charge in [-0.3, -0.25) is 5.10 Å². The Labute approximate surface area is 94.4 Å². The molecule has 0 radical (unpaired) electrons. The van der Waals surface area contributed by atoms with Crippen LogP contribution in [-0.4, -0.2) is 47.8 Å². The molecule has 6 heteroatoms. The van der Waals surface area contributed by atoms with Gasteiger partial charge in [-0.25, -0.2) is 0 Å². The van der Waals surface area contributed by atoms with Gasteiger partial charge in [-0.1, -0.05) is 0 Å². The molecule has 1 fully saturated rings. The molecule has 0 aliphatic carbocycles. The molecule has 1 saturated heterocycles. The van der Waals surface area contributed by atoms with Crippen LogP contribution in [0.2, 0.25) is 0 Å². The predicted octanol–water partition coefficient (Wildman–Crippen LogP) is -0.690. The maximum Gasteiger partial charge on any atom is 0.163 e. The molecule has 4 N–H and O–H groups in total. The maximum absolute atomic E-state index is 8.95. The fraction of sp³-hybridized carbons (Fsp3) is 0.600. The van der Waals surface area contributed by atoms with E-state index in [1.165, 1.54) is 0 Å². The van der Waals surface area contributed by atoms with Gasteiger partial charge in [-0.15, -0.1) is 0 Å². The van der Waals surface area contributed by atoms with E-state index in [2.05, 4.69) is 33.5 Å². The van der Waals surface area contributed by atoms with Crippen molar-refractivity contribution < 1.29 is 0 Å². The first kappa shape index (κ1) is 10.9. The molecular formula is C10H16N6. The van der Waals surface area contributed by atoms with Crippen LogP contribution in [0.5, 0.6) is 0 Å². The van der Waals surface area contributed by atoms with Gasteiger partial charge >= 0.3 is 0 Å². The van der Waals surface area contributed by atoms with Crippen LogP contribution in [0, 0.1) is 11.3 Å². The quantitative estimate of drug-likeness (QED) is 0.613. The minimum absolute atomic E-state index is 0.293. The molecule has 1 aromatic heterocycles. The third-order valence-electron chi connectivity index (χ3n) is 2.89. The van der Waals surface area contributed by atoms with Crippen LogP contribution in [0.1, 0.15) is 11.3 Å². The summed E-state index contributed by atoms with van der Waals surface area (Å²) in [7, 11) is 2.10. The molecule has 16 heavy (non-hydrogen) atoms. The minimum atomic E-state index is 0.293. The fourth-order valence-electron chi connectivity index (χ4n) is 2.04. The molecule has 6 nitrogen and oxygen atoms in total. The van der Waals surface area contributed by atoms with Gasteiger partial charge in [0.2, 0.25) is 0 Å². The molecule has 0 saturated carbocycles. The number of anilines is 1. The Hall–Kier alpha value is -1.58. The lowest BCUT2D eigenvalue weighted by Gasteiger charge is -2.30. The van der Waals surface area contributed by atoms with Gasteiger partial charge in [-0.05, 0) is 7.05 Å². The molecule has 2 rings (SSSR count). The van der Waals surface area contributed by atoms with Crippen LogP contribution >= 0.6 is 0 Å². The lowest BCUT2D eigenvalue weighted by molar-refractivity contribution is 0.237. The van der Waals surface area contributed by atoms with Crippen LogP contribution in [0.25, 0.3) is 0 Å². The normalized spacial score (nSPS) is 21.9. The molecular weight excluding hydrogens is 204 g/mol. The van der Waals surface area contributed by atoms with Crippen molar-refractivity contribution >= 4 is 5.82 Å². The summed E-state index contributed by atoms with van der Waals surface area (Å²) in [6, 6.07) is 2.44. The molecule has 1 unspecified atom stereocenters. The summed E-state index contributed by atoms with van der Waals surface area (Å²) in [5, 5.41) is 19.1. The summed E-state index contributed by atoms with van der Waals surface area (Å²) in [6.07, 6.45) is 0.761. The SMILES string of the molecule is CN1CCNC(Cc2[nH]nc(N)c2C#N)C1. The summed E-state index contributed by atoms with van der Waals surface area (Å²) >= 11 is 0. The molecule has 2 heterocycles. The van der Waals surface area contributed by atoms with Gasteiger partial charge in [0.05, 0.1) is 5.69 Å². The first-order chi connectivity index (χ1) is 7.70. The highest BCUT2D eigenvalue weighted by Gasteiger charge is 2.20. The summed E-state index contributed by atoms with van der Waals surface area (Å²) in [4.78, 5) is 2.27. The molecule has 0 bridgehead atoms. The van der Waals surface area contributed by atoms with E-state index in [1.54, 1.807) is 0 Å². The first-order valence-corrected chi connectivity index (χ1v) is 5.35. The Bertz CT molecular complexity index is 404. The molecule has 1 atom stereocenters. The zero-order chi connectivity index (χ0) is 11.5. The number of nitrogens with one attached hydrogen (secondary N) is 2. The van der Waals surface area contributed by atoms with E-state index < -0.39 is 0 Å². The average molecular weight is 220 g/mol. The van der Waals surface area contributed by atoms with Crippen LogP contribution in [0.4, 0.5) is 5.82 Å². The first-order valence-electron chi connectivity index (χ1n) is 5.35. The van der Waals surface area contributed by atoms with Crippen molar-refractivity contribution in [3.05, 3.63) is 11.3 Å². The third-order valence-corrected chi connectivity index (χ3v) is 2.89. The van der Waals surface area contributed by atoms with Gasteiger partial charge in [0, 0.05) is 32.1 Å². The number of rotatable bonds is 2. The molecule has 0 aromatic carbocycles. The van der Waals surface area contributed by atoms with Gasteiger partial charge < -0.3 is 16.0 Å². The van der Waals surface area contributed by atoms with E-state index in [-0.39, 0.29) is 0 Å². The number of H-pyrrole nitrogens is 1. The maximum atomic E-state index is 8.95. The second-order valence-corrected chi connectivity index (χ2v) is 4.19. The minimum Gasteiger partial charge on any atom is -0.381 e. The van der Waals surface area contributed by atoms with Gasteiger partial charge in [0.25, 0.3) is 0 Å². The number of nitrogen functional groups attached to an aromatic ring is 1. The summed E-state index contributed by atoms with van der Waals surface area (Å²) in [5.41, 5.74) is 6.90. The van der Waals surface area contributed by atoms with Crippen molar-refractivity contribution in [2.45, 2.75) is 12.5 Å². The van der Waals surface area contributed by atoms with Crippen molar-refractivity contribution in [3.63, 3.8) is 0 Å². The van der Waals surface area contributed by atoms with Crippen LogP contribution in [-0.2, 0) is 6.42 Å². The Morgan fingerprint density at radius 1 is 1.69 bits per heavy atom. The highest BCUT2D eigenvalue weighted by atomic mass is 15.2. The largest absolute Gasteiger partial charge is 0.381 e. The lowest BCUT2D eigenvalue weighted by atomic mass is 10.1. The van der Waals surface area contributed by atoms with Crippen molar-refractivity contribution in [2.75, 3.05) is 32.4 Å². The van der Waals surface area contributed by atoms with Crippen molar-refractivity contribution in [2.24, 2.45) is 0 Å². The molecule has 86 valence electrons. The second-order valence-electron chi connectivity index (χ2n) is 4.19. The van der Waals surface area contributed by atoms with Gasteiger partial charge in [-0.2, -0.15) is 10.4 Å². The number of hydrogen-bond donors (Lipinski definition) is 3. The zero-order valence-corrected chi connectivity index (χ0v) is 9.32. The molecule has 0 spiro atoms. The third kappa shape index (κ3) is 2.15. The number of nitrogens with zero attached hydrogens (tertiary/aromatic N) is 3. The predicted molar refractivity (Wildman–Crippen MR) is 60.7 cm³/mol. The van der Waals surface area contributed by atoms with Gasteiger partial charge in [0.15, 0.2) is 5.82 Å². The van der Waals surface area contributed by atoms with Crippen molar-refractivity contribution in [1.29, 1.82) is 5.26 Å². The Balaban J connectivity index is 2.06. The van der Waals surface area contributed by atoms with E-state index in [4.69, 9.17) is 11.0 Å². The number of aromatic nitrogens is 2. The van der Waals surface area contributed by atoms with E-state index in [0.29, 0.717) is 17.4 Å². The van der Waals surface area contributed by atoms with Crippen LogP contribution in [0.15, 0.2) is 0 Å². The smallest absolute Gasteiger partial charge is 0.163 e. The molecule has 0 amide bonds. The van der Waals surface area contributed by atoms with Crippen molar-refractivity contribution in [3.8, 4) is 6.07 Å². The van der Waals surface area contributed by atoms with Crippen LogP contribution < -0.4 is 11.1 Å². The van der Waals surface area contributed by atoms with E-state index in [1.807, 2.05) is 0 Å². The second kappa shape index (κ2) is 4.51. The lowest BCUT2D eigenvalue weighted by Crippen LogP contribution is -2.50. The highest BCUT2D eigenvalue weighted by Crippen LogP contribution is 2.14. The number of piperazine rings is 1. The molecule has 1 aliphatic heterocycles. The Morgan fingerprint density at radius 2 is 2.50 bits per heavy atom. The average Bonchev–Trinajstić information content (AvgIpc) is 2.59. The standard InChI is InChI=1S/C10H16N6/c1-16-3-2-13-7(6-16)4-9-8(5-11)10(12)15-14-9/h7,13H,2-4,6H2,1H3,(H3,12,14,15). The number of nitrogens with two attached hydrogens (primary N) is 1. The van der Waals surface area contributed by atoms with Gasteiger partial charge in [0.1, 0.15) is 11.6 Å². The molecule has 1 aliphatic rings. The topological polar surface area (TPSA) is 93.8 Å². The summed E-state index contributed by atoms with van der Waals surface area (Å²) in [6.45, 7) is 3.02. The van der Waals surface area contributed by atoms with Crippen LogP contribution in [0.3, 0.4) is 0 Å². The highest BCUT2D eigenvalue weighted by molar-refractivity contribution is 5.51. The Morgan fingerprint density at radius 3 is 3.19 bits per heavy atom. The van der Waals surface area contributed by atoms with E-state index >= 15 is 0 Å². The monoisotopic (exact) mass is 220 g/mol. The Kier molecular flexibility index (Phi) is 3.08. The number of hydrogen-bond acceptors (Lipinski definition) is 5.